The zero-order valence-electron chi connectivity index (χ0n) is 7.39. The van der Waals surface area contributed by atoms with Gasteiger partial charge in [-0.1, -0.05) is 17.7 Å². The topological polar surface area (TPSA) is 77.8 Å². The summed E-state index contributed by atoms with van der Waals surface area (Å²) < 4.78 is 13.2. The molecular weight excluding hydrogens is 227 g/mol. The Hall–Kier alpha value is -1.17. The molecule has 2 atom stereocenters. The van der Waals surface area contributed by atoms with Gasteiger partial charge in [0.25, 0.3) is 0 Å². The van der Waals surface area contributed by atoms with Gasteiger partial charge in [0.15, 0.2) is 6.10 Å². The molecule has 0 bridgehead atoms. The summed E-state index contributed by atoms with van der Waals surface area (Å²) in [4.78, 5) is 10.4. The normalized spacial score (nSPS) is 14.7. The second kappa shape index (κ2) is 4.57. The molecule has 0 aliphatic heterocycles. The molecule has 0 saturated heterocycles. The molecule has 0 aliphatic rings. The molecule has 0 aromatic heterocycles. The number of carboxylic acids is 1. The summed E-state index contributed by atoms with van der Waals surface area (Å²) in [6.07, 6.45) is -4.00. The summed E-state index contributed by atoms with van der Waals surface area (Å²) in [7, 11) is 0. The van der Waals surface area contributed by atoms with Crippen molar-refractivity contribution in [2.45, 2.75) is 12.2 Å². The second-order valence-electron chi connectivity index (χ2n) is 2.86. The molecule has 0 heterocycles. The number of halogens is 2. The van der Waals surface area contributed by atoms with Gasteiger partial charge in [0.1, 0.15) is 11.9 Å². The average Bonchev–Trinajstić information content (AvgIpc) is 2.15. The number of benzene rings is 1. The van der Waals surface area contributed by atoms with E-state index in [1.807, 2.05) is 0 Å². The largest absolute Gasteiger partial charge is 0.479 e. The number of aliphatic hydroxyl groups is 2. The average molecular weight is 235 g/mol. The van der Waals surface area contributed by atoms with Crippen LogP contribution in [0.5, 0.6) is 0 Å². The van der Waals surface area contributed by atoms with Crippen LogP contribution in [-0.2, 0) is 4.79 Å². The van der Waals surface area contributed by atoms with Crippen LogP contribution in [0.4, 0.5) is 4.39 Å². The van der Waals surface area contributed by atoms with Crippen molar-refractivity contribution in [2.24, 2.45) is 0 Å². The third-order valence-corrected chi connectivity index (χ3v) is 2.18. The Labute approximate surface area is 89.5 Å². The van der Waals surface area contributed by atoms with Crippen LogP contribution in [0, 0.1) is 5.82 Å². The van der Waals surface area contributed by atoms with Crippen LogP contribution in [-0.4, -0.2) is 27.4 Å². The van der Waals surface area contributed by atoms with Crippen molar-refractivity contribution in [3.63, 3.8) is 0 Å². The zero-order chi connectivity index (χ0) is 11.6. The molecule has 1 rings (SSSR count). The maximum atomic E-state index is 13.2. The van der Waals surface area contributed by atoms with Gasteiger partial charge in [0, 0.05) is 10.6 Å². The predicted molar refractivity (Wildman–Crippen MR) is 50.0 cm³/mol. The van der Waals surface area contributed by atoms with Gasteiger partial charge in [0.05, 0.1) is 0 Å². The van der Waals surface area contributed by atoms with E-state index in [0.29, 0.717) is 0 Å². The first-order valence-electron chi connectivity index (χ1n) is 3.98. The van der Waals surface area contributed by atoms with E-state index in [1.54, 1.807) is 0 Å². The van der Waals surface area contributed by atoms with Gasteiger partial charge in [-0.3, -0.25) is 0 Å². The van der Waals surface area contributed by atoms with Crippen molar-refractivity contribution in [1.29, 1.82) is 0 Å². The van der Waals surface area contributed by atoms with Crippen molar-refractivity contribution < 1.29 is 24.5 Å². The molecule has 0 fully saturated rings. The predicted octanol–water partition coefficient (Wildman–Crippen LogP) is 0.958. The number of aliphatic hydroxyl groups excluding tert-OH is 2. The van der Waals surface area contributed by atoms with Gasteiger partial charge in [-0.2, -0.15) is 0 Å². The highest BCUT2D eigenvalue weighted by molar-refractivity contribution is 6.31. The summed E-state index contributed by atoms with van der Waals surface area (Å²) in [6.45, 7) is 0. The Bertz CT molecular complexity index is 362. The molecule has 6 heteroatoms. The number of aliphatic carboxylic acids is 1. The minimum Gasteiger partial charge on any atom is -0.479 e. The molecule has 15 heavy (non-hydrogen) atoms. The van der Waals surface area contributed by atoms with Gasteiger partial charge in [-0.25, -0.2) is 9.18 Å². The van der Waals surface area contributed by atoms with E-state index in [-0.39, 0.29) is 5.02 Å². The molecule has 0 aliphatic carbocycles. The summed E-state index contributed by atoms with van der Waals surface area (Å²) in [5, 5.41) is 26.7. The van der Waals surface area contributed by atoms with Gasteiger partial charge >= 0.3 is 5.97 Å². The van der Waals surface area contributed by atoms with E-state index in [0.717, 1.165) is 6.07 Å². The second-order valence-corrected chi connectivity index (χ2v) is 3.27. The number of carboxylic acid groups (broad SMARTS) is 1. The summed E-state index contributed by atoms with van der Waals surface area (Å²) in [6, 6.07) is 3.61. The molecule has 0 spiro atoms. The fraction of sp³-hybridized carbons (Fsp3) is 0.222. The Morgan fingerprint density at radius 2 is 2.00 bits per heavy atom. The summed E-state index contributed by atoms with van der Waals surface area (Å²) in [5.74, 6) is -2.52. The quantitative estimate of drug-likeness (QED) is 0.728. The summed E-state index contributed by atoms with van der Waals surface area (Å²) >= 11 is 5.57. The van der Waals surface area contributed by atoms with Crippen molar-refractivity contribution in [3.05, 3.63) is 34.6 Å². The maximum absolute atomic E-state index is 13.2. The number of hydrogen-bond acceptors (Lipinski definition) is 3. The lowest BCUT2D eigenvalue weighted by atomic mass is 10.0. The van der Waals surface area contributed by atoms with Crippen LogP contribution in [0.2, 0.25) is 5.02 Å². The third kappa shape index (κ3) is 2.44. The van der Waals surface area contributed by atoms with E-state index >= 15 is 0 Å². The minimum absolute atomic E-state index is 0.136. The lowest BCUT2D eigenvalue weighted by molar-refractivity contribution is -0.153. The highest BCUT2D eigenvalue weighted by atomic mass is 35.5. The number of rotatable bonds is 3. The van der Waals surface area contributed by atoms with Gasteiger partial charge in [-0.05, 0) is 12.1 Å². The van der Waals surface area contributed by atoms with Gasteiger partial charge in [-0.15, -0.1) is 0 Å². The Morgan fingerprint density at radius 3 is 2.47 bits per heavy atom. The van der Waals surface area contributed by atoms with Crippen LogP contribution >= 0.6 is 11.6 Å². The SMILES string of the molecule is O=C(O)C(O)C(O)c1c(F)cccc1Cl. The summed E-state index contributed by atoms with van der Waals surface area (Å²) in [5.41, 5.74) is -0.422. The first-order valence-corrected chi connectivity index (χ1v) is 4.35. The maximum Gasteiger partial charge on any atom is 0.335 e. The van der Waals surface area contributed by atoms with Crippen LogP contribution in [0.15, 0.2) is 18.2 Å². The van der Waals surface area contributed by atoms with E-state index < -0.39 is 29.6 Å². The van der Waals surface area contributed by atoms with E-state index in [9.17, 15) is 14.3 Å². The molecule has 4 nitrogen and oxygen atoms in total. The first-order chi connectivity index (χ1) is 6.95. The molecule has 3 N–H and O–H groups in total. The molecular formula is C9H8ClFO4. The molecule has 1 aromatic rings. The number of hydrogen-bond donors (Lipinski definition) is 3. The lowest BCUT2D eigenvalue weighted by Gasteiger charge is -2.16. The van der Waals surface area contributed by atoms with Gasteiger partial charge < -0.3 is 15.3 Å². The molecule has 2 unspecified atom stereocenters. The first kappa shape index (κ1) is 11.9. The molecule has 82 valence electrons. The van der Waals surface area contributed by atoms with Gasteiger partial charge in [0.2, 0.25) is 0 Å². The van der Waals surface area contributed by atoms with E-state index in [1.165, 1.54) is 12.1 Å². The van der Waals surface area contributed by atoms with Crippen molar-refractivity contribution in [1.82, 2.24) is 0 Å². The monoisotopic (exact) mass is 234 g/mol. The molecule has 0 amide bonds. The highest BCUT2D eigenvalue weighted by Gasteiger charge is 2.29. The molecule has 1 aromatic carbocycles. The Balaban J connectivity index is 3.10. The Kier molecular flexibility index (Phi) is 3.62. The van der Waals surface area contributed by atoms with Crippen LogP contribution in [0.25, 0.3) is 0 Å². The number of carbonyl (C=O) groups is 1. The van der Waals surface area contributed by atoms with Crippen LogP contribution in [0.1, 0.15) is 11.7 Å². The minimum atomic E-state index is -2.11. The standard InChI is InChI=1S/C9H8ClFO4/c10-4-2-1-3-5(11)6(4)7(12)8(13)9(14)15/h1-3,7-8,12-13H,(H,14,15). The van der Waals surface area contributed by atoms with E-state index in [4.69, 9.17) is 21.8 Å². The fourth-order valence-electron chi connectivity index (χ4n) is 1.09. The van der Waals surface area contributed by atoms with E-state index in [2.05, 4.69) is 0 Å². The van der Waals surface area contributed by atoms with Crippen molar-refractivity contribution in [2.75, 3.05) is 0 Å². The third-order valence-electron chi connectivity index (χ3n) is 1.85. The highest BCUT2D eigenvalue weighted by Crippen LogP contribution is 2.27. The zero-order valence-corrected chi connectivity index (χ0v) is 8.15. The fourth-order valence-corrected chi connectivity index (χ4v) is 1.36. The molecule has 0 radical (unpaired) electrons. The van der Waals surface area contributed by atoms with Crippen molar-refractivity contribution in [3.8, 4) is 0 Å². The van der Waals surface area contributed by atoms with Crippen LogP contribution in [0.3, 0.4) is 0 Å². The lowest BCUT2D eigenvalue weighted by Crippen LogP contribution is -2.28. The Morgan fingerprint density at radius 1 is 1.40 bits per heavy atom. The smallest absolute Gasteiger partial charge is 0.335 e. The molecule has 0 saturated carbocycles. The van der Waals surface area contributed by atoms with Crippen LogP contribution < -0.4 is 0 Å². The van der Waals surface area contributed by atoms with Crippen molar-refractivity contribution >= 4 is 17.6 Å².